The van der Waals surface area contributed by atoms with Gasteiger partial charge in [-0.2, -0.15) is 0 Å². The summed E-state index contributed by atoms with van der Waals surface area (Å²) >= 11 is 0. The van der Waals surface area contributed by atoms with Gasteiger partial charge < -0.3 is 15.0 Å². The molecule has 3 rings (SSSR count). The third-order valence-corrected chi connectivity index (χ3v) is 5.15. The molecule has 0 aliphatic carbocycles. The predicted octanol–water partition coefficient (Wildman–Crippen LogP) is 2.81. The van der Waals surface area contributed by atoms with Crippen molar-refractivity contribution in [3.05, 3.63) is 64.7 Å². The highest BCUT2D eigenvalue weighted by molar-refractivity contribution is 5.95. The summed E-state index contributed by atoms with van der Waals surface area (Å²) in [5, 5.41) is 2.86. The standard InChI is InChI=1S/C22H26FN3O3/c1-15-6-7-19(22(28)24-13-16-4-3-5-18(23)12-16)21(25-15)17-8-10-26(11-9-17)20(27)14-29-2/h3-7,12,17H,8-11,13-14H2,1-2H3,(H,24,28). The minimum absolute atomic E-state index is 0.0174. The molecule has 2 heterocycles. The van der Waals surface area contributed by atoms with Gasteiger partial charge in [-0.25, -0.2) is 4.39 Å². The van der Waals surface area contributed by atoms with Crippen molar-refractivity contribution in [3.63, 3.8) is 0 Å². The molecule has 6 nitrogen and oxygen atoms in total. The van der Waals surface area contributed by atoms with Gasteiger partial charge in [0.15, 0.2) is 0 Å². The van der Waals surface area contributed by atoms with Crippen LogP contribution in [0.3, 0.4) is 0 Å². The molecule has 1 aromatic heterocycles. The normalized spacial score (nSPS) is 14.7. The van der Waals surface area contributed by atoms with Crippen LogP contribution in [0, 0.1) is 12.7 Å². The molecule has 1 aliphatic heterocycles. The monoisotopic (exact) mass is 399 g/mol. The molecule has 0 unspecified atom stereocenters. The van der Waals surface area contributed by atoms with E-state index < -0.39 is 0 Å². The summed E-state index contributed by atoms with van der Waals surface area (Å²) < 4.78 is 18.3. The lowest BCUT2D eigenvalue weighted by molar-refractivity contribution is -0.136. The third-order valence-electron chi connectivity index (χ3n) is 5.15. The summed E-state index contributed by atoms with van der Waals surface area (Å²) in [7, 11) is 1.51. The fraction of sp³-hybridized carbons (Fsp3) is 0.409. The lowest BCUT2D eigenvalue weighted by atomic mass is 9.89. The molecule has 7 heteroatoms. The molecule has 2 amide bonds. The van der Waals surface area contributed by atoms with Crippen LogP contribution in [0.4, 0.5) is 4.39 Å². The van der Waals surface area contributed by atoms with Gasteiger partial charge in [0, 0.05) is 38.4 Å². The van der Waals surface area contributed by atoms with Crippen LogP contribution in [-0.4, -0.2) is 48.5 Å². The fourth-order valence-corrected chi connectivity index (χ4v) is 3.62. The summed E-state index contributed by atoms with van der Waals surface area (Å²) in [6, 6.07) is 9.77. The van der Waals surface area contributed by atoms with Crippen molar-refractivity contribution in [1.29, 1.82) is 0 Å². The smallest absolute Gasteiger partial charge is 0.253 e. The van der Waals surface area contributed by atoms with Gasteiger partial charge in [0.05, 0.1) is 11.3 Å². The van der Waals surface area contributed by atoms with Crippen molar-refractivity contribution in [2.24, 2.45) is 0 Å². The van der Waals surface area contributed by atoms with Crippen LogP contribution in [0.2, 0.25) is 0 Å². The van der Waals surface area contributed by atoms with Crippen molar-refractivity contribution < 1.29 is 18.7 Å². The van der Waals surface area contributed by atoms with Gasteiger partial charge in [-0.05, 0) is 49.6 Å². The van der Waals surface area contributed by atoms with E-state index in [2.05, 4.69) is 10.3 Å². The maximum absolute atomic E-state index is 13.3. The Morgan fingerprint density at radius 1 is 1.24 bits per heavy atom. The second-order valence-electron chi connectivity index (χ2n) is 7.29. The summed E-state index contributed by atoms with van der Waals surface area (Å²) in [6.45, 7) is 3.46. The van der Waals surface area contributed by atoms with E-state index in [4.69, 9.17) is 4.74 Å². The van der Waals surface area contributed by atoms with E-state index in [0.29, 0.717) is 24.2 Å². The number of ether oxygens (including phenoxy) is 1. The SMILES string of the molecule is COCC(=O)N1CCC(c2nc(C)ccc2C(=O)NCc2cccc(F)c2)CC1. The Labute approximate surface area is 170 Å². The van der Waals surface area contributed by atoms with E-state index in [-0.39, 0.29) is 36.7 Å². The Kier molecular flexibility index (Phi) is 6.93. The van der Waals surface area contributed by atoms with Crippen LogP contribution in [0.1, 0.15) is 46.1 Å². The van der Waals surface area contributed by atoms with Crippen molar-refractivity contribution in [3.8, 4) is 0 Å². The Hall–Kier alpha value is -2.80. The van der Waals surface area contributed by atoms with Crippen molar-refractivity contribution in [2.45, 2.75) is 32.2 Å². The molecule has 1 aromatic carbocycles. The Morgan fingerprint density at radius 3 is 2.69 bits per heavy atom. The Morgan fingerprint density at radius 2 is 2.00 bits per heavy atom. The van der Waals surface area contributed by atoms with Gasteiger partial charge in [0.25, 0.3) is 5.91 Å². The van der Waals surface area contributed by atoms with E-state index in [1.807, 2.05) is 13.0 Å². The van der Waals surface area contributed by atoms with E-state index in [1.54, 1.807) is 23.1 Å². The van der Waals surface area contributed by atoms with Gasteiger partial charge in [-0.1, -0.05) is 12.1 Å². The van der Waals surface area contributed by atoms with E-state index in [0.717, 1.165) is 24.2 Å². The number of pyridine rings is 1. The number of carbonyl (C=O) groups excluding carboxylic acids is 2. The molecule has 0 spiro atoms. The van der Waals surface area contributed by atoms with Crippen molar-refractivity contribution in [1.82, 2.24) is 15.2 Å². The number of piperidine rings is 1. The quantitative estimate of drug-likeness (QED) is 0.811. The highest BCUT2D eigenvalue weighted by atomic mass is 19.1. The molecule has 0 atom stereocenters. The number of rotatable bonds is 6. The number of halogens is 1. The average Bonchev–Trinajstić information content (AvgIpc) is 2.72. The Bertz CT molecular complexity index is 879. The molecule has 1 N–H and O–H groups in total. The molecule has 1 saturated heterocycles. The number of likely N-dealkylation sites (tertiary alicyclic amines) is 1. The van der Waals surface area contributed by atoms with Crippen LogP contribution in [0.25, 0.3) is 0 Å². The van der Waals surface area contributed by atoms with Crippen LogP contribution in [0.15, 0.2) is 36.4 Å². The summed E-state index contributed by atoms with van der Waals surface area (Å²) in [4.78, 5) is 31.3. The Balaban J connectivity index is 1.69. The largest absolute Gasteiger partial charge is 0.375 e. The zero-order valence-electron chi connectivity index (χ0n) is 16.8. The zero-order valence-corrected chi connectivity index (χ0v) is 16.8. The molecule has 2 aromatic rings. The van der Waals surface area contributed by atoms with Gasteiger partial charge in [0.2, 0.25) is 5.91 Å². The molecule has 1 aliphatic rings. The van der Waals surface area contributed by atoms with E-state index >= 15 is 0 Å². The molecule has 154 valence electrons. The minimum atomic E-state index is -0.329. The van der Waals surface area contributed by atoms with Gasteiger partial charge in [-0.3, -0.25) is 14.6 Å². The first-order valence-corrected chi connectivity index (χ1v) is 9.75. The third kappa shape index (κ3) is 5.38. The molecular weight excluding hydrogens is 373 g/mol. The second kappa shape index (κ2) is 9.60. The summed E-state index contributed by atoms with van der Waals surface area (Å²) in [5.41, 5.74) is 2.85. The first-order chi connectivity index (χ1) is 14.0. The number of amides is 2. The first kappa shape index (κ1) is 20.9. The minimum Gasteiger partial charge on any atom is -0.375 e. The molecule has 0 saturated carbocycles. The van der Waals surface area contributed by atoms with Gasteiger partial charge >= 0.3 is 0 Å². The van der Waals surface area contributed by atoms with Crippen LogP contribution >= 0.6 is 0 Å². The van der Waals surface area contributed by atoms with Gasteiger partial charge in [0.1, 0.15) is 12.4 Å². The summed E-state index contributed by atoms with van der Waals surface area (Å²) in [5.74, 6) is -0.466. The zero-order chi connectivity index (χ0) is 20.8. The highest BCUT2D eigenvalue weighted by Crippen LogP contribution is 2.29. The van der Waals surface area contributed by atoms with Crippen molar-refractivity contribution in [2.75, 3.05) is 26.8 Å². The number of hydrogen-bond donors (Lipinski definition) is 1. The molecule has 0 bridgehead atoms. The highest BCUT2D eigenvalue weighted by Gasteiger charge is 2.27. The second-order valence-corrected chi connectivity index (χ2v) is 7.29. The number of benzene rings is 1. The maximum Gasteiger partial charge on any atom is 0.253 e. The first-order valence-electron chi connectivity index (χ1n) is 9.75. The molecule has 29 heavy (non-hydrogen) atoms. The molecular formula is C22H26FN3O3. The van der Waals surface area contributed by atoms with E-state index in [9.17, 15) is 14.0 Å². The van der Waals surface area contributed by atoms with Crippen LogP contribution < -0.4 is 5.32 Å². The number of nitrogens with one attached hydrogen (secondary N) is 1. The van der Waals surface area contributed by atoms with Gasteiger partial charge in [-0.15, -0.1) is 0 Å². The predicted molar refractivity (Wildman–Crippen MR) is 107 cm³/mol. The topological polar surface area (TPSA) is 71.5 Å². The number of methoxy groups -OCH3 is 1. The van der Waals surface area contributed by atoms with E-state index in [1.165, 1.54) is 19.2 Å². The lowest BCUT2D eigenvalue weighted by Gasteiger charge is -2.32. The maximum atomic E-state index is 13.3. The van der Waals surface area contributed by atoms with Crippen LogP contribution in [-0.2, 0) is 16.1 Å². The molecule has 0 radical (unpaired) electrons. The number of hydrogen-bond acceptors (Lipinski definition) is 4. The van der Waals surface area contributed by atoms with Crippen LogP contribution in [0.5, 0.6) is 0 Å². The molecule has 1 fully saturated rings. The number of nitrogens with zero attached hydrogens (tertiary/aromatic N) is 2. The number of carbonyl (C=O) groups is 2. The van der Waals surface area contributed by atoms with Crippen molar-refractivity contribution >= 4 is 11.8 Å². The lowest BCUT2D eigenvalue weighted by Crippen LogP contribution is -2.40. The fourth-order valence-electron chi connectivity index (χ4n) is 3.62. The average molecular weight is 399 g/mol. The number of aromatic nitrogens is 1. The number of aryl methyl sites for hydroxylation is 1. The summed E-state index contributed by atoms with van der Waals surface area (Å²) in [6.07, 6.45) is 1.49.